The number of carbonyl (C=O) groups excluding carboxylic acids is 2. The lowest BCUT2D eigenvalue weighted by Crippen LogP contribution is -2.53. The maximum absolute atomic E-state index is 13.0. The molecular formula is C23H26F3N5O4S. The van der Waals surface area contributed by atoms with Gasteiger partial charge in [-0.05, 0) is 55.5 Å². The van der Waals surface area contributed by atoms with Gasteiger partial charge in [-0.15, -0.1) is 0 Å². The summed E-state index contributed by atoms with van der Waals surface area (Å²) >= 11 is 0. The fourth-order valence-corrected chi connectivity index (χ4v) is 4.73. The molecule has 1 saturated carbocycles. The third-order valence-electron chi connectivity index (χ3n) is 6.39. The predicted octanol–water partition coefficient (Wildman–Crippen LogP) is 3.00. The molecule has 1 saturated heterocycles. The number of carbonyl (C=O) groups is 2. The lowest BCUT2D eigenvalue weighted by molar-refractivity contribution is -0.137. The van der Waals surface area contributed by atoms with Gasteiger partial charge in [0.1, 0.15) is 11.9 Å². The molecule has 13 heteroatoms. The first-order valence-corrected chi connectivity index (χ1v) is 13.2. The Hall–Kier alpha value is -3.19. The number of halogens is 3. The molecule has 9 nitrogen and oxygen atoms in total. The lowest BCUT2D eigenvalue weighted by Gasteiger charge is -2.33. The summed E-state index contributed by atoms with van der Waals surface area (Å²) in [4.78, 5) is 30.6. The molecule has 2 fully saturated rings. The third-order valence-corrected chi connectivity index (χ3v) is 7.06. The lowest BCUT2D eigenvalue weighted by atomic mass is 9.95. The summed E-state index contributed by atoms with van der Waals surface area (Å²) < 4.78 is 63.5. The summed E-state index contributed by atoms with van der Waals surface area (Å²) in [7, 11) is -3.29. The number of sulfonamides is 1. The Bertz CT molecular complexity index is 1230. The topological polar surface area (TPSA) is 120 Å². The van der Waals surface area contributed by atoms with Crippen LogP contribution < -0.4 is 20.3 Å². The van der Waals surface area contributed by atoms with Crippen LogP contribution in [0.2, 0.25) is 0 Å². The molecule has 36 heavy (non-hydrogen) atoms. The smallest absolute Gasteiger partial charge is 0.326 e. The molecule has 1 aromatic heterocycles. The Kier molecular flexibility index (Phi) is 6.97. The van der Waals surface area contributed by atoms with E-state index in [0.717, 1.165) is 36.8 Å². The molecule has 3 amide bonds. The van der Waals surface area contributed by atoms with E-state index in [4.69, 9.17) is 0 Å². The Morgan fingerprint density at radius 1 is 1.17 bits per heavy atom. The molecule has 2 aromatic rings. The number of aromatic nitrogens is 1. The minimum absolute atomic E-state index is 0.0735. The van der Waals surface area contributed by atoms with E-state index in [2.05, 4.69) is 20.3 Å². The first-order valence-electron chi connectivity index (χ1n) is 11.3. The van der Waals surface area contributed by atoms with Crippen LogP contribution in [0.15, 0.2) is 42.6 Å². The summed E-state index contributed by atoms with van der Waals surface area (Å²) in [5.41, 5.74) is 0.482. The van der Waals surface area contributed by atoms with E-state index < -0.39 is 33.8 Å². The van der Waals surface area contributed by atoms with Crippen LogP contribution in [0.25, 0.3) is 0 Å². The molecule has 1 atom stereocenters. The molecule has 3 N–H and O–H groups in total. The number of piperidine rings is 1. The number of nitrogens with one attached hydrogen (secondary N) is 3. The number of anilines is 2. The maximum Gasteiger partial charge on any atom is 0.417 e. The van der Waals surface area contributed by atoms with Crippen molar-refractivity contribution in [1.29, 1.82) is 0 Å². The summed E-state index contributed by atoms with van der Waals surface area (Å²) in [5, 5.41) is 4.92. The van der Waals surface area contributed by atoms with Crippen LogP contribution in [0.1, 0.15) is 36.8 Å². The normalized spacial score (nSPS) is 19.6. The Labute approximate surface area is 206 Å². The zero-order valence-corrected chi connectivity index (χ0v) is 20.2. The van der Waals surface area contributed by atoms with E-state index in [1.165, 1.54) is 0 Å². The summed E-state index contributed by atoms with van der Waals surface area (Å²) in [6.07, 6.45) is 0.00445. The van der Waals surface area contributed by atoms with Crippen molar-refractivity contribution in [2.75, 3.05) is 29.6 Å². The Morgan fingerprint density at radius 3 is 2.42 bits per heavy atom. The van der Waals surface area contributed by atoms with Crippen LogP contribution in [0.5, 0.6) is 0 Å². The largest absolute Gasteiger partial charge is 0.417 e. The summed E-state index contributed by atoms with van der Waals surface area (Å²) in [5.74, 6) is -0.375. The van der Waals surface area contributed by atoms with E-state index in [1.54, 1.807) is 4.90 Å². The number of amides is 3. The third kappa shape index (κ3) is 6.13. The SMILES string of the molecule is CS(=O)(=O)NCC1(c2ccc(N3CCC[C@@H](NC(=O)Nc4ccc(C(F)(F)F)cn4)C3=O)cc2)CC1. The standard InChI is InChI=1S/C23H26F3N5O4S/c1-36(34,35)28-14-22(10-11-22)15-4-7-17(8-5-15)31-12-2-3-18(20(31)32)29-21(33)30-19-9-6-16(13-27-19)23(24,25)26/h4-9,13,18,28H,2-3,10-12,14H2,1H3,(H2,27,29,30,33)/t18-/m1/s1. The van der Waals surface area contributed by atoms with E-state index in [1.807, 2.05) is 24.3 Å². The van der Waals surface area contributed by atoms with Gasteiger partial charge in [0.2, 0.25) is 15.9 Å². The first-order chi connectivity index (χ1) is 16.9. The van der Waals surface area contributed by atoms with Gasteiger partial charge in [-0.2, -0.15) is 13.2 Å². The first kappa shape index (κ1) is 25.9. The molecule has 0 spiro atoms. The van der Waals surface area contributed by atoms with Crippen molar-refractivity contribution in [3.8, 4) is 0 Å². The number of urea groups is 1. The van der Waals surface area contributed by atoms with Crippen molar-refractivity contribution < 1.29 is 31.2 Å². The quantitative estimate of drug-likeness (QED) is 0.513. The van der Waals surface area contributed by atoms with E-state index in [0.29, 0.717) is 37.8 Å². The average Bonchev–Trinajstić information content (AvgIpc) is 3.60. The minimum atomic E-state index is -4.53. The van der Waals surface area contributed by atoms with Crippen LogP contribution in [-0.2, 0) is 26.4 Å². The summed E-state index contributed by atoms with van der Waals surface area (Å²) in [6.45, 7) is 0.794. The van der Waals surface area contributed by atoms with Crippen LogP contribution >= 0.6 is 0 Å². The zero-order chi connectivity index (χ0) is 26.1. The van der Waals surface area contributed by atoms with Crippen LogP contribution in [0.4, 0.5) is 29.5 Å². The highest BCUT2D eigenvalue weighted by atomic mass is 32.2. The number of hydrogen-bond donors (Lipinski definition) is 3. The highest BCUT2D eigenvalue weighted by Gasteiger charge is 2.44. The van der Waals surface area contributed by atoms with Gasteiger partial charge in [0.25, 0.3) is 0 Å². The molecule has 0 radical (unpaired) electrons. The molecule has 4 rings (SSSR count). The molecule has 0 unspecified atom stereocenters. The van der Waals surface area contributed by atoms with Crippen LogP contribution in [-0.4, -0.2) is 50.7 Å². The maximum atomic E-state index is 13.0. The second-order valence-corrected chi connectivity index (χ2v) is 11.0. The molecule has 1 aromatic carbocycles. The fourth-order valence-electron chi connectivity index (χ4n) is 4.19. The number of benzene rings is 1. The van der Waals surface area contributed by atoms with Crippen molar-refractivity contribution in [3.63, 3.8) is 0 Å². The van der Waals surface area contributed by atoms with Crippen molar-refractivity contribution in [1.82, 2.24) is 15.0 Å². The molecular weight excluding hydrogens is 499 g/mol. The molecule has 2 heterocycles. The van der Waals surface area contributed by atoms with Crippen LogP contribution in [0, 0.1) is 0 Å². The van der Waals surface area contributed by atoms with Crippen molar-refractivity contribution in [2.24, 2.45) is 0 Å². The number of pyridine rings is 1. The van der Waals surface area contributed by atoms with Gasteiger partial charge in [0.05, 0.1) is 11.8 Å². The number of hydrogen-bond acceptors (Lipinski definition) is 5. The van der Waals surface area contributed by atoms with Gasteiger partial charge in [-0.3, -0.25) is 10.1 Å². The molecule has 2 aliphatic rings. The molecule has 1 aliphatic heterocycles. The second kappa shape index (κ2) is 9.69. The van der Waals surface area contributed by atoms with Crippen molar-refractivity contribution >= 4 is 33.5 Å². The summed E-state index contributed by atoms with van der Waals surface area (Å²) in [6, 6.07) is 7.69. The Balaban J connectivity index is 1.36. The number of alkyl halides is 3. The van der Waals surface area contributed by atoms with Gasteiger partial charge in [-0.1, -0.05) is 12.1 Å². The van der Waals surface area contributed by atoms with E-state index in [-0.39, 0.29) is 17.1 Å². The second-order valence-electron chi connectivity index (χ2n) is 9.13. The van der Waals surface area contributed by atoms with Crippen LogP contribution in [0.3, 0.4) is 0 Å². The van der Waals surface area contributed by atoms with Crippen molar-refractivity contribution in [2.45, 2.75) is 43.3 Å². The van der Waals surface area contributed by atoms with Gasteiger partial charge < -0.3 is 10.2 Å². The highest BCUT2D eigenvalue weighted by molar-refractivity contribution is 7.88. The fraction of sp³-hybridized carbons (Fsp3) is 0.435. The Morgan fingerprint density at radius 2 is 1.86 bits per heavy atom. The minimum Gasteiger partial charge on any atom is -0.326 e. The van der Waals surface area contributed by atoms with E-state index in [9.17, 15) is 31.2 Å². The van der Waals surface area contributed by atoms with E-state index >= 15 is 0 Å². The average molecular weight is 526 g/mol. The van der Waals surface area contributed by atoms with Gasteiger partial charge >= 0.3 is 12.2 Å². The number of nitrogens with zero attached hydrogens (tertiary/aromatic N) is 2. The van der Waals surface area contributed by atoms with Gasteiger partial charge in [0, 0.05) is 30.4 Å². The molecule has 0 bridgehead atoms. The molecule has 194 valence electrons. The highest BCUT2D eigenvalue weighted by Crippen LogP contribution is 2.48. The van der Waals surface area contributed by atoms with Crippen molar-refractivity contribution in [3.05, 3.63) is 53.7 Å². The zero-order valence-electron chi connectivity index (χ0n) is 19.4. The van der Waals surface area contributed by atoms with Gasteiger partial charge in [-0.25, -0.2) is 22.9 Å². The van der Waals surface area contributed by atoms with Gasteiger partial charge in [0.15, 0.2) is 0 Å². The predicted molar refractivity (Wildman–Crippen MR) is 127 cm³/mol. The monoisotopic (exact) mass is 525 g/mol. The molecule has 1 aliphatic carbocycles. The number of rotatable bonds is 7.